The Morgan fingerprint density at radius 1 is 1.77 bits per heavy atom. The van der Waals surface area contributed by atoms with Crippen LogP contribution in [0.3, 0.4) is 0 Å². The summed E-state index contributed by atoms with van der Waals surface area (Å²) in [6.45, 7) is 2.01. The van der Waals surface area contributed by atoms with Gasteiger partial charge in [-0.2, -0.15) is 0 Å². The van der Waals surface area contributed by atoms with E-state index < -0.39 is 0 Å². The van der Waals surface area contributed by atoms with Crippen LogP contribution in [0.5, 0.6) is 0 Å². The molecule has 0 aliphatic heterocycles. The van der Waals surface area contributed by atoms with Gasteiger partial charge in [-0.3, -0.25) is 0 Å². The van der Waals surface area contributed by atoms with E-state index in [4.69, 9.17) is 16.6 Å². The summed E-state index contributed by atoms with van der Waals surface area (Å²) in [5.74, 6) is 1.43. The second kappa shape index (κ2) is 5.09. The number of furan rings is 1. The largest absolute Gasteiger partial charge is 0.504 e. The first-order valence-electron chi connectivity index (χ1n) is 3.85. The van der Waals surface area contributed by atoms with E-state index in [0.717, 1.165) is 5.75 Å². The van der Waals surface area contributed by atoms with Crippen molar-refractivity contribution in [1.82, 2.24) is 0 Å². The van der Waals surface area contributed by atoms with Crippen LogP contribution >= 0.6 is 24.0 Å². The quantitative estimate of drug-likeness (QED) is 0.475. The van der Waals surface area contributed by atoms with Crippen LogP contribution in [0.2, 0.25) is 0 Å². The number of rotatable bonds is 3. The monoisotopic (exact) mass is 214 g/mol. The van der Waals surface area contributed by atoms with Gasteiger partial charge in [0.25, 0.3) is 0 Å². The van der Waals surface area contributed by atoms with Gasteiger partial charge in [-0.25, -0.2) is 0 Å². The van der Waals surface area contributed by atoms with Gasteiger partial charge in [-0.15, -0.1) is 11.8 Å². The maximum atomic E-state index is 9.47. The topological polar surface area (TPSA) is 33.4 Å². The molecule has 1 heterocycles. The first-order valence-corrected chi connectivity index (χ1v) is 5.24. The molecule has 2 nitrogen and oxygen atoms in total. The maximum absolute atomic E-state index is 9.47. The number of hydrogen-bond donors (Lipinski definition) is 1. The zero-order valence-corrected chi connectivity index (χ0v) is 8.82. The summed E-state index contributed by atoms with van der Waals surface area (Å²) in [7, 11) is 0. The third-order valence-electron chi connectivity index (χ3n) is 1.31. The summed E-state index contributed by atoms with van der Waals surface area (Å²) in [5, 5.41) is 9.47. The number of thiocarbonyl (C=S) groups is 1. The summed E-state index contributed by atoms with van der Waals surface area (Å²) in [4.78, 5) is 0. The lowest BCUT2D eigenvalue weighted by Gasteiger charge is -1.96. The highest BCUT2D eigenvalue weighted by Crippen LogP contribution is 2.14. The fourth-order valence-corrected chi connectivity index (χ4v) is 1.74. The fraction of sp³-hybridized carbons (Fsp3) is 0.222. The normalized spacial score (nSPS) is 11.6. The Labute approximate surface area is 86.6 Å². The summed E-state index contributed by atoms with van der Waals surface area (Å²) in [6.07, 6.45) is 3.04. The minimum atomic E-state index is 0.0796. The maximum Gasteiger partial charge on any atom is 0.168 e. The van der Waals surface area contributed by atoms with Crippen molar-refractivity contribution in [2.75, 3.05) is 5.75 Å². The van der Waals surface area contributed by atoms with Crippen molar-refractivity contribution >= 4 is 33.9 Å². The van der Waals surface area contributed by atoms with Gasteiger partial charge in [0.15, 0.2) is 11.5 Å². The molecule has 1 rings (SSSR count). The van der Waals surface area contributed by atoms with Crippen LogP contribution in [0.1, 0.15) is 12.7 Å². The Kier molecular flexibility index (Phi) is 4.05. The second-order valence-corrected chi connectivity index (χ2v) is 4.26. The van der Waals surface area contributed by atoms with Crippen molar-refractivity contribution < 1.29 is 9.52 Å². The molecule has 0 saturated carbocycles. The van der Waals surface area contributed by atoms with Crippen LogP contribution in [-0.2, 0) is 0 Å². The molecule has 0 atom stereocenters. The third kappa shape index (κ3) is 3.24. The average molecular weight is 214 g/mol. The summed E-state index contributed by atoms with van der Waals surface area (Å²) in [5.41, 5.74) is 0. The van der Waals surface area contributed by atoms with E-state index in [1.165, 1.54) is 24.1 Å². The average Bonchev–Trinajstić information content (AvgIpc) is 2.55. The molecule has 0 radical (unpaired) electrons. The van der Waals surface area contributed by atoms with Gasteiger partial charge in [0.2, 0.25) is 0 Å². The highest BCUT2D eigenvalue weighted by molar-refractivity contribution is 8.23. The van der Waals surface area contributed by atoms with Crippen molar-refractivity contribution in [2.24, 2.45) is 0 Å². The van der Waals surface area contributed by atoms with E-state index in [1.807, 2.05) is 6.92 Å². The Morgan fingerprint density at radius 2 is 2.54 bits per heavy atom. The smallest absolute Gasteiger partial charge is 0.168 e. The standard InChI is InChI=1S/C9H10O2S2/c1-2-13-9(12)6-7(10)8-4-3-5-11-8/h3-6,10H,2H2,1H3/b7-6-. The molecular weight excluding hydrogens is 204 g/mol. The van der Waals surface area contributed by atoms with Crippen LogP contribution in [0, 0.1) is 0 Å². The van der Waals surface area contributed by atoms with Crippen LogP contribution < -0.4 is 0 Å². The molecule has 0 fully saturated rings. The fourth-order valence-electron chi connectivity index (χ4n) is 0.791. The number of aliphatic hydroxyl groups excluding tert-OH is 1. The first-order chi connectivity index (χ1) is 6.24. The van der Waals surface area contributed by atoms with E-state index in [0.29, 0.717) is 9.96 Å². The predicted molar refractivity (Wildman–Crippen MR) is 60.0 cm³/mol. The lowest BCUT2D eigenvalue weighted by atomic mass is 10.3. The molecule has 0 bridgehead atoms. The number of thioether (sulfide) groups is 1. The summed E-state index contributed by atoms with van der Waals surface area (Å²) >= 11 is 6.50. The minimum absolute atomic E-state index is 0.0796. The zero-order chi connectivity index (χ0) is 9.68. The molecule has 1 aromatic rings. The van der Waals surface area contributed by atoms with Gasteiger partial charge in [-0.1, -0.05) is 19.1 Å². The van der Waals surface area contributed by atoms with Gasteiger partial charge in [0.05, 0.1) is 10.5 Å². The molecule has 0 aromatic carbocycles. The molecule has 1 aromatic heterocycles. The van der Waals surface area contributed by atoms with E-state index in [2.05, 4.69) is 0 Å². The predicted octanol–water partition coefficient (Wildman–Crippen LogP) is 3.26. The SMILES string of the molecule is CCSC(=S)/C=C(\O)c1ccco1. The molecule has 0 aliphatic rings. The Hall–Kier alpha value is -0.740. The van der Waals surface area contributed by atoms with Gasteiger partial charge in [0.1, 0.15) is 0 Å². The van der Waals surface area contributed by atoms with Gasteiger partial charge in [0, 0.05) is 6.08 Å². The van der Waals surface area contributed by atoms with Crippen molar-refractivity contribution in [3.63, 3.8) is 0 Å². The van der Waals surface area contributed by atoms with Crippen molar-refractivity contribution in [2.45, 2.75) is 6.92 Å². The molecular formula is C9H10O2S2. The molecule has 1 N–H and O–H groups in total. The molecule has 13 heavy (non-hydrogen) atoms. The molecule has 0 spiro atoms. The molecule has 0 saturated heterocycles. The molecule has 0 aliphatic carbocycles. The van der Waals surface area contributed by atoms with Crippen molar-refractivity contribution in [3.05, 3.63) is 30.2 Å². The Morgan fingerprint density at radius 3 is 3.08 bits per heavy atom. The van der Waals surface area contributed by atoms with E-state index >= 15 is 0 Å². The van der Waals surface area contributed by atoms with Gasteiger partial charge in [-0.05, 0) is 17.9 Å². The summed E-state index contributed by atoms with van der Waals surface area (Å²) < 4.78 is 5.65. The second-order valence-electron chi connectivity index (χ2n) is 2.26. The Balaban J connectivity index is 2.67. The first kappa shape index (κ1) is 10.3. The van der Waals surface area contributed by atoms with Crippen molar-refractivity contribution in [1.29, 1.82) is 0 Å². The van der Waals surface area contributed by atoms with Gasteiger partial charge >= 0.3 is 0 Å². The number of aliphatic hydroxyl groups is 1. The molecule has 0 unspecified atom stereocenters. The third-order valence-corrected chi connectivity index (χ3v) is 2.48. The lowest BCUT2D eigenvalue weighted by Crippen LogP contribution is -1.86. The van der Waals surface area contributed by atoms with Crippen LogP contribution in [0.25, 0.3) is 5.76 Å². The lowest BCUT2D eigenvalue weighted by molar-refractivity contribution is 0.460. The Bertz CT molecular complexity index is 301. The zero-order valence-electron chi connectivity index (χ0n) is 7.19. The number of hydrogen-bond acceptors (Lipinski definition) is 4. The van der Waals surface area contributed by atoms with Gasteiger partial charge < -0.3 is 9.52 Å². The van der Waals surface area contributed by atoms with E-state index in [1.54, 1.807) is 12.1 Å². The van der Waals surface area contributed by atoms with Crippen LogP contribution in [0.4, 0.5) is 0 Å². The van der Waals surface area contributed by atoms with Crippen LogP contribution in [0.15, 0.2) is 28.9 Å². The summed E-state index contributed by atoms with van der Waals surface area (Å²) in [6, 6.07) is 3.40. The van der Waals surface area contributed by atoms with E-state index in [-0.39, 0.29) is 5.76 Å². The van der Waals surface area contributed by atoms with E-state index in [9.17, 15) is 5.11 Å². The highest BCUT2D eigenvalue weighted by atomic mass is 32.2. The minimum Gasteiger partial charge on any atom is -0.504 e. The van der Waals surface area contributed by atoms with Crippen LogP contribution in [-0.4, -0.2) is 15.1 Å². The molecule has 0 amide bonds. The highest BCUT2D eigenvalue weighted by Gasteiger charge is 2.02. The molecule has 4 heteroatoms. The molecule has 70 valence electrons. The van der Waals surface area contributed by atoms with Crippen molar-refractivity contribution in [3.8, 4) is 0 Å².